The lowest BCUT2D eigenvalue weighted by Gasteiger charge is -2.37. The molecule has 0 atom stereocenters. The van der Waals surface area contributed by atoms with E-state index in [9.17, 15) is 14.4 Å². The van der Waals surface area contributed by atoms with Crippen molar-refractivity contribution in [3.63, 3.8) is 0 Å². The molecule has 1 saturated carbocycles. The summed E-state index contributed by atoms with van der Waals surface area (Å²) in [6.07, 6.45) is 8.18. The van der Waals surface area contributed by atoms with E-state index in [-0.39, 0.29) is 17.3 Å². The molecule has 5 rings (SSSR count). The molecular weight excluding hydrogens is 560 g/mol. The van der Waals surface area contributed by atoms with Gasteiger partial charge in [0.2, 0.25) is 0 Å². The second kappa shape index (κ2) is 14.8. The van der Waals surface area contributed by atoms with Gasteiger partial charge in [-0.25, -0.2) is 0 Å². The molecule has 0 aromatic heterocycles. The van der Waals surface area contributed by atoms with Crippen molar-refractivity contribution in [1.82, 2.24) is 4.90 Å². The second-order valence-corrected chi connectivity index (χ2v) is 13.6. The average Bonchev–Trinajstić information content (AvgIpc) is 3.01. The number of hydrogen-bond acceptors (Lipinski definition) is 6. The molecule has 240 valence electrons. The van der Waals surface area contributed by atoms with Crippen LogP contribution in [0.1, 0.15) is 93.6 Å². The number of anilines is 1. The maximum absolute atomic E-state index is 13.9. The van der Waals surface area contributed by atoms with Crippen molar-refractivity contribution < 1.29 is 19.1 Å². The Balaban J connectivity index is 1.41. The van der Waals surface area contributed by atoms with Gasteiger partial charge in [0.15, 0.2) is 11.6 Å². The van der Waals surface area contributed by atoms with E-state index >= 15 is 0 Å². The van der Waals surface area contributed by atoms with Gasteiger partial charge in [0.05, 0.1) is 13.2 Å². The van der Waals surface area contributed by atoms with Gasteiger partial charge in [-0.05, 0) is 111 Å². The van der Waals surface area contributed by atoms with Crippen LogP contribution in [0.2, 0.25) is 0 Å². The summed E-state index contributed by atoms with van der Waals surface area (Å²) in [5.74, 6) is 0.981. The van der Waals surface area contributed by atoms with Crippen LogP contribution >= 0.6 is 0 Å². The van der Waals surface area contributed by atoms with Crippen molar-refractivity contribution in [2.75, 3.05) is 38.3 Å². The van der Waals surface area contributed by atoms with Gasteiger partial charge in [0.25, 0.3) is 0 Å². The Bertz CT molecular complexity index is 1470. The van der Waals surface area contributed by atoms with Gasteiger partial charge in [0, 0.05) is 63.2 Å². The Morgan fingerprint density at radius 2 is 1.64 bits per heavy atom. The Kier molecular flexibility index (Phi) is 10.9. The highest BCUT2D eigenvalue weighted by Crippen LogP contribution is 2.37. The Hall–Kier alpha value is -3.35. The number of morpholine rings is 1. The third kappa shape index (κ3) is 8.28. The first-order chi connectivity index (χ1) is 21.6. The van der Waals surface area contributed by atoms with E-state index in [1.807, 2.05) is 13.8 Å². The first-order valence-electron chi connectivity index (χ1n) is 16.8. The number of ether oxygens (including phenoxy) is 1. The summed E-state index contributed by atoms with van der Waals surface area (Å²) in [4.78, 5) is 43.2. The van der Waals surface area contributed by atoms with E-state index < -0.39 is 0 Å². The average molecular weight is 611 g/mol. The summed E-state index contributed by atoms with van der Waals surface area (Å²) in [5.41, 5.74) is 9.09. The Morgan fingerprint density at radius 3 is 2.29 bits per heavy atom. The van der Waals surface area contributed by atoms with E-state index in [0.29, 0.717) is 37.6 Å². The normalized spacial score (nSPS) is 21.1. The first-order valence-corrected chi connectivity index (χ1v) is 16.8. The highest BCUT2D eigenvalue weighted by Gasteiger charge is 2.27. The van der Waals surface area contributed by atoms with Gasteiger partial charge in [0.1, 0.15) is 5.78 Å². The molecule has 0 bridgehead atoms. The highest BCUT2D eigenvalue weighted by atomic mass is 16.5. The number of carbonyl (C=O) groups excluding carboxylic acids is 3. The zero-order chi connectivity index (χ0) is 32.1. The predicted molar refractivity (Wildman–Crippen MR) is 182 cm³/mol. The summed E-state index contributed by atoms with van der Waals surface area (Å²) in [5, 5.41) is 0. The molecule has 2 aromatic rings. The minimum atomic E-state index is 0.0810. The minimum absolute atomic E-state index is 0.0810. The van der Waals surface area contributed by atoms with Crippen molar-refractivity contribution >= 4 is 23.0 Å². The lowest BCUT2D eigenvalue weighted by atomic mass is 9.82. The molecule has 2 aromatic carbocycles. The van der Waals surface area contributed by atoms with Crippen molar-refractivity contribution in [1.29, 1.82) is 0 Å². The number of nitrogens with zero attached hydrogens (tertiary/aromatic N) is 2. The van der Waals surface area contributed by atoms with Gasteiger partial charge in [-0.15, -0.1) is 0 Å². The van der Waals surface area contributed by atoms with E-state index in [0.717, 1.165) is 103 Å². The van der Waals surface area contributed by atoms with Gasteiger partial charge >= 0.3 is 0 Å². The standard InChI is InChI=1S/C39H50N2O4/c1-26-20-27(2)35(39(44)21-26)14-15-38(43)36-23-33(32-10-6-31(7-11-32)25-41-16-18-45-19-17-41)24-37(29(36)4)40(5)34-12-8-30(9-13-34)22-28(3)42/h6-7,10-11,20,23-24,30,34H,8-9,12-19,21-22,25H2,1-5H3. The van der Waals surface area contributed by atoms with Gasteiger partial charge in [-0.3, -0.25) is 14.5 Å². The number of Topliss-reactive ketones (excluding diaryl/α,β-unsaturated/α-hetero) is 3. The van der Waals surface area contributed by atoms with Crippen LogP contribution in [0.4, 0.5) is 5.69 Å². The predicted octanol–water partition coefficient (Wildman–Crippen LogP) is 7.67. The number of carbonyl (C=O) groups is 3. The molecule has 6 nitrogen and oxygen atoms in total. The molecule has 2 fully saturated rings. The Labute approximate surface area is 269 Å². The molecule has 45 heavy (non-hydrogen) atoms. The molecule has 1 saturated heterocycles. The zero-order valence-corrected chi connectivity index (χ0v) is 27.9. The maximum atomic E-state index is 13.9. The van der Waals surface area contributed by atoms with E-state index in [1.54, 1.807) is 6.92 Å². The molecule has 0 N–H and O–H groups in total. The fourth-order valence-corrected chi connectivity index (χ4v) is 7.48. The van der Waals surface area contributed by atoms with Crippen LogP contribution in [-0.4, -0.2) is 61.6 Å². The number of benzene rings is 2. The lowest BCUT2D eigenvalue weighted by molar-refractivity contribution is -0.118. The number of hydrogen-bond donors (Lipinski definition) is 0. The quantitative estimate of drug-likeness (QED) is 0.243. The van der Waals surface area contributed by atoms with E-state index in [2.05, 4.69) is 66.2 Å². The van der Waals surface area contributed by atoms with Crippen LogP contribution in [0.5, 0.6) is 0 Å². The van der Waals surface area contributed by atoms with Crippen LogP contribution in [0, 0.1) is 12.8 Å². The molecule has 0 unspecified atom stereocenters. The third-order valence-corrected chi connectivity index (χ3v) is 10.1. The summed E-state index contributed by atoms with van der Waals surface area (Å²) < 4.78 is 5.51. The van der Waals surface area contributed by atoms with Gasteiger partial charge < -0.3 is 14.4 Å². The van der Waals surface area contributed by atoms with Crippen LogP contribution in [0.3, 0.4) is 0 Å². The molecule has 0 radical (unpaired) electrons. The van der Waals surface area contributed by atoms with Crippen molar-refractivity contribution in [2.24, 2.45) is 5.92 Å². The SMILES string of the molecule is CC(=O)CC1CCC(N(C)c2cc(-c3ccc(CN4CCOCC4)cc3)cc(C(=O)CCC3=C(C)C=C(C)CC3=O)c2C)CC1. The fourth-order valence-electron chi connectivity index (χ4n) is 7.48. The van der Waals surface area contributed by atoms with Crippen molar-refractivity contribution in [3.8, 4) is 11.1 Å². The van der Waals surface area contributed by atoms with Crippen LogP contribution in [0.25, 0.3) is 11.1 Å². The van der Waals surface area contributed by atoms with E-state index in [1.165, 1.54) is 5.56 Å². The molecule has 1 heterocycles. The number of allylic oxidation sites excluding steroid dienone is 4. The lowest BCUT2D eigenvalue weighted by Crippen LogP contribution is -2.36. The molecule has 3 aliphatic rings. The first kappa shape index (κ1) is 33.0. The summed E-state index contributed by atoms with van der Waals surface area (Å²) in [6.45, 7) is 12.1. The summed E-state index contributed by atoms with van der Waals surface area (Å²) in [7, 11) is 2.16. The fraction of sp³-hybridized carbons (Fsp3) is 0.513. The minimum Gasteiger partial charge on any atom is -0.379 e. The molecule has 0 spiro atoms. The largest absolute Gasteiger partial charge is 0.379 e. The summed E-state index contributed by atoms with van der Waals surface area (Å²) in [6, 6.07) is 13.4. The molecule has 0 amide bonds. The number of ketones is 3. The van der Waals surface area contributed by atoms with Crippen LogP contribution in [0.15, 0.2) is 59.2 Å². The molecule has 1 aliphatic heterocycles. The third-order valence-electron chi connectivity index (χ3n) is 10.1. The molecule has 6 heteroatoms. The van der Waals surface area contributed by atoms with Gasteiger partial charge in [-0.2, -0.15) is 0 Å². The Morgan fingerprint density at radius 1 is 0.956 bits per heavy atom. The van der Waals surface area contributed by atoms with Gasteiger partial charge in [-0.1, -0.05) is 35.9 Å². The monoisotopic (exact) mass is 610 g/mol. The zero-order valence-electron chi connectivity index (χ0n) is 27.9. The van der Waals surface area contributed by atoms with Crippen LogP contribution in [-0.2, 0) is 20.9 Å². The van der Waals surface area contributed by atoms with Crippen LogP contribution < -0.4 is 4.90 Å². The second-order valence-electron chi connectivity index (χ2n) is 13.6. The highest BCUT2D eigenvalue weighted by molar-refractivity contribution is 6.03. The molecular formula is C39H50N2O4. The smallest absolute Gasteiger partial charge is 0.163 e. The summed E-state index contributed by atoms with van der Waals surface area (Å²) >= 11 is 0. The van der Waals surface area contributed by atoms with Crippen molar-refractivity contribution in [3.05, 3.63) is 75.9 Å². The van der Waals surface area contributed by atoms with Crippen molar-refractivity contribution in [2.45, 2.75) is 91.6 Å². The topological polar surface area (TPSA) is 66.9 Å². The van der Waals surface area contributed by atoms with E-state index in [4.69, 9.17) is 4.74 Å². The molecule has 2 aliphatic carbocycles. The maximum Gasteiger partial charge on any atom is 0.163 e. The number of rotatable bonds is 11.